The molecule has 1 amide bonds. The minimum Gasteiger partial charge on any atom is -0.361 e. The van der Waals surface area contributed by atoms with Crippen LogP contribution in [0.2, 0.25) is 5.02 Å². The topological polar surface area (TPSA) is 64.2 Å². The maximum Gasteiger partial charge on any atom is 0.274 e. The van der Waals surface area contributed by atoms with Crippen molar-refractivity contribution in [2.45, 2.75) is 32.7 Å². The Kier molecular flexibility index (Phi) is 3.49. The van der Waals surface area contributed by atoms with Crippen LogP contribution in [0.3, 0.4) is 0 Å². The van der Waals surface area contributed by atoms with Gasteiger partial charge in [-0.05, 0) is 26.7 Å². The van der Waals surface area contributed by atoms with Gasteiger partial charge in [0.05, 0.1) is 23.0 Å². The van der Waals surface area contributed by atoms with Gasteiger partial charge in [0, 0.05) is 19.2 Å². The number of amides is 1. The molecule has 2 aromatic heterocycles. The molecule has 3 heterocycles. The molecule has 1 aliphatic rings. The lowest BCUT2D eigenvalue weighted by Crippen LogP contribution is -2.32. The normalized spacial score (nSPS) is 18.5. The largest absolute Gasteiger partial charge is 0.361 e. The molecule has 0 N–H and O–H groups in total. The third-order valence-corrected chi connectivity index (χ3v) is 4.31. The fraction of sp³-hybridized carbons (Fsp3) is 0.500. The number of rotatable bonds is 2. The number of carbonyl (C=O) groups is 1. The molecular weight excluding hydrogens is 292 g/mol. The van der Waals surface area contributed by atoms with E-state index < -0.39 is 0 Å². The van der Waals surface area contributed by atoms with Crippen LogP contribution in [-0.4, -0.2) is 32.3 Å². The van der Waals surface area contributed by atoms with Gasteiger partial charge in [0.15, 0.2) is 0 Å². The van der Waals surface area contributed by atoms with Gasteiger partial charge in [-0.3, -0.25) is 9.48 Å². The third kappa shape index (κ3) is 2.23. The van der Waals surface area contributed by atoms with Crippen molar-refractivity contribution in [2.24, 2.45) is 7.05 Å². The molecule has 1 saturated heterocycles. The lowest BCUT2D eigenvalue weighted by atomic mass is 10.0. The lowest BCUT2D eigenvalue weighted by Gasteiger charge is -2.24. The molecule has 1 atom stereocenters. The van der Waals surface area contributed by atoms with Crippen molar-refractivity contribution in [1.29, 1.82) is 0 Å². The number of halogens is 1. The summed E-state index contributed by atoms with van der Waals surface area (Å²) in [5.74, 6) is 0.677. The Morgan fingerprint density at radius 3 is 2.81 bits per heavy atom. The lowest BCUT2D eigenvalue weighted by molar-refractivity contribution is 0.0723. The number of aryl methyl sites for hydroxylation is 3. The Balaban J connectivity index is 1.97. The van der Waals surface area contributed by atoms with Crippen LogP contribution in [-0.2, 0) is 7.05 Å². The summed E-state index contributed by atoms with van der Waals surface area (Å²) in [6.45, 7) is 4.49. The highest BCUT2D eigenvalue weighted by Crippen LogP contribution is 2.37. The van der Waals surface area contributed by atoms with Crippen LogP contribution in [0.25, 0.3) is 0 Å². The maximum atomic E-state index is 12.8. The summed E-state index contributed by atoms with van der Waals surface area (Å²) in [5, 5.41) is 8.42. The van der Waals surface area contributed by atoms with Crippen molar-refractivity contribution < 1.29 is 9.32 Å². The summed E-state index contributed by atoms with van der Waals surface area (Å²) in [6.07, 6.45) is 3.36. The van der Waals surface area contributed by atoms with Gasteiger partial charge in [-0.15, -0.1) is 0 Å². The average Bonchev–Trinajstić information content (AvgIpc) is 3.11. The van der Waals surface area contributed by atoms with E-state index >= 15 is 0 Å². The molecule has 0 spiro atoms. The Morgan fingerprint density at radius 2 is 2.24 bits per heavy atom. The summed E-state index contributed by atoms with van der Waals surface area (Å²) >= 11 is 6.09. The SMILES string of the molecule is Cc1noc(C)c1[C@H]1CCCN1C(=O)c1c(Cl)cnn1C. The fourth-order valence-corrected chi connectivity index (χ4v) is 3.31. The van der Waals surface area contributed by atoms with Crippen LogP contribution in [0.1, 0.15) is 46.4 Å². The van der Waals surface area contributed by atoms with Gasteiger partial charge in [-0.25, -0.2) is 0 Å². The molecule has 0 unspecified atom stereocenters. The van der Waals surface area contributed by atoms with Gasteiger partial charge in [0.2, 0.25) is 0 Å². The second kappa shape index (κ2) is 5.18. The van der Waals surface area contributed by atoms with Crippen molar-refractivity contribution >= 4 is 17.5 Å². The molecule has 6 nitrogen and oxygen atoms in total. The Morgan fingerprint density at radius 1 is 1.48 bits per heavy atom. The average molecular weight is 309 g/mol. The fourth-order valence-electron chi connectivity index (χ4n) is 3.06. The van der Waals surface area contributed by atoms with Gasteiger partial charge < -0.3 is 9.42 Å². The van der Waals surface area contributed by atoms with Crippen molar-refractivity contribution in [3.63, 3.8) is 0 Å². The zero-order valence-corrected chi connectivity index (χ0v) is 13.0. The second-order valence-electron chi connectivity index (χ2n) is 5.36. The monoisotopic (exact) mass is 308 g/mol. The number of hydrogen-bond donors (Lipinski definition) is 0. The van der Waals surface area contributed by atoms with E-state index in [-0.39, 0.29) is 11.9 Å². The zero-order chi connectivity index (χ0) is 15.1. The number of likely N-dealkylation sites (tertiary alicyclic amines) is 1. The maximum absolute atomic E-state index is 12.8. The molecule has 7 heteroatoms. The Bertz CT molecular complexity index is 652. The number of aromatic nitrogens is 3. The van der Waals surface area contributed by atoms with E-state index in [2.05, 4.69) is 10.3 Å². The van der Waals surface area contributed by atoms with Crippen molar-refractivity contribution in [3.8, 4) is 0 Å². The second-order valence-corrected chi connectivity index (χ2v) is 5.77. The quantitative estimate of drug-likeness (QED) is 0.855. The Labute approximate surface area is 127 Å². The molecule has 1 aliphatic heterocycles. The molecule has 0 radical (unpaired) electrons. The molecule has 112 valence electrons. The van der Waals surface area contributed by atoms with Crippen LogP contribution in [0.5, 0.6) is 0 Å². The van der Waals surface area contributed by atoms with Crippen molar-refractivity contribution in [3.05, 3.63) is 33.9 Å². The molecule has 0 bridgehead atoms. The highest BCUT2D eigenvalue weighted by molar-refractivity contribution is 6.33. The molecule has 1 fully saturated rings. The molecule has 0 aromatic carbocycles. The predicted molar refractivity (Wildman–Crippen MR) is 77.2 cm³/mol. The first kappa shape index (κ1) is 14.1. The summed E-state index contributed by atoms with van der Waals surface area (Å²) < 4.78 is 6.76. The smallest absolute Gasteiger partial charge is 0.274 e. The van der Waals surface area contributed by atoms with Crippen molar-refractivity contribution in [1.82, 2.24) is 19.8 Å². The van der Waals surface area contributed by atoms with E-state index in [0.717, 1.165) is 29.9 Å². The summed E-state index contributed by atoms with van der Waals surface area (Å²) in [5.41, 5.74) is 2.28. The summed E-state index contributed by atoms with van der Waals surface area (Å²) in [4.78, 5) is 14.7. The van der Waals surface area contributed by atoms with Crippen molar-refractivity contribution in [2.75, 3.05) is 6.54 Å². The van der Waals surface area contributed by atoms with Gasteiger partial charge >= 0.3 is 0 Å². The first-order valence-corrected chi connectivity index (χ1v) is 7.29. The first-order chi connectivity index (χ1) is 10.0. The number of hydrogen-bond acceptors (Lipinski definition) is 4. The third-order valence-electron chi connectivity index (χ3n) is 4.03. The standard InChI is InChI=1S/C14H17ClN4O2/c1-8-12(9(2)21-17-8)11-5-4-6-19(11)14(20)13-10(15)7-16-18(13)3/h7,11H,4-6H2,1-3H3/t11-/m1/s1. The van der Waals surface area contributed by atoms with Crippen LogP contribution < -0.4 is 0 Å². The van der Waals surface area contributed by atoms with E-state index in [1.54, 1.807) is 7.05 Å². The van der Waals surface area contributed by atoms with E-state index in [9.17, 15) is 4.79 Å². The number of nitrogens with zero attached hydrogens (tertiary/aromatic N) is 4. The van der Waals surface area contributed by atoms with E-state index in [4.69, 9.17) is 16.1 Å². The molecular formula is C14H17ClN4O2. The predicted octanol–water partition coefficient (Wildman–Crippen LogP) is 2.66. The molecule has 2 aromatic rings. The van der Waals surface area contributed by atoms with E-state index in [1.807, 2.05) is 18.7 Å². The highest BCUT2D eigenvalue weighted by Gasteiger charge is 2.35. The minimum atomic E-state index is -0.0949. The molecule has 3 rings (SSSR count). The van der Waals surface area contributed by atoms with Gasteiger partial charge in [0.25, 0.3) is 5.91 Å². The van der Waals surface area contributed by atoms with Gasteiger partial charge in [-0.2, -0.15) is 5.10 Å². The van der Waals surface area contributed by atoms with Crippen LogP contribution in [0, 0.1) is 13.8 Å². The van der Waals surface area contributed by atoms with Crippen LogP contribution in [0.4, 0.5) is 0 Å². The summed E-state index contributed by atoms with van der Waals surface area (Å²) in [6, 6.07) is -0.00489. The number of carbonyl (C=O) groups excluding carboxylic acids is 1. The Hall–Kier alpha value is -1.82. The van der Waals surface area contributed by atoms with Gasteiger partial charge in [0.1, 0.15) is 11.5 Å². The van der Waals surface area contributed by atoms with E-state index in [0.29, 0.717) is 17.3 Å². The summed E-state index contributed by atoms with van der Waals surface area (Å²) in [7, 11) is 1.72. The molecule has 0 aliphatic carbocycles. The highest BCUT2D eigenvalue weighted by atomic mass is 35.5. The first-order valence-electron chi connectivity index (χ1n) is 6.92. The molecule has 0 saturated carbocycles. The zero-order valence-electron chi connectivity index (χ0n) is 12.3. The van der Waals surface area contributed by atoms with E-state index in [1.165, 1.54) is 10.9 Å². The van der Waals surface area contributed by atoms with Crippen LogP contribution in [0.15, 0.2) is 10.7 Å². The van der Waals surface area contributed by atoms with Gasteiger partial charge in [-0.1, -0.05) is 16.8 Å². The molecule has 21 heavy (non-hydrogen) atoms. The van der Waals surface area contributed by atoms with Crippen LogP contribution >= 0.6 is 11.6 Å². The minimum absolute atomic E-state index is 0.00489.